The molecule has 1 aromatic rings. The Kier molecular flexibility index (Phi) is 4.79. The van der Waals surface area contributed by atoms with Crippen LogP contribution in [0.25, 0.3) is 0 Å². The first-order valence-electron chi connectivity index (χ1n) is 10.5. The molecule has 0 aromatic heterocycles. The van der Waals surface area contributed by atoms with E-state index in [2.05, 4.69) is 20.4 Å². The van der Waals surface area contributed by atoms with E-state index in [4.69, 9.17) is 0 Å². The maximum Gasteiger partial charge on any atom is 0.262 e. The number of piperazine rings is 1. The van der Waals surface area contributed by atoms with E-state index in [0.29, 0.717) is 11.1 Å². The highest BCUT2D eigenvalue weighted by Gasteiger charge is 2.44. The van der Waals surface area contributed by atoms with Gasteiger partial charge in [-0.05, 0) is 30.5 Å². The van der Waals surface area contributed by atoms with Gasteiger partial charge in [-0.3, -0.25) is 34.3 Å². The van der Waals surface area contributed by atoms with Crippen molar-refractivity contribution in [2.24, 2.45) is 5.92 Å². The zero-order valence-corrected chi connectivity index (χ0v) is 16.7. The molecular formula is C21H25N5O4. The minimum Gasteiger partial charge on any atom is -0.369 e. The molecule has 4 aliphatic heterocycles. The number of piperidine rings is 1. The molecule has 4 aliphatic rings. The number of benzene rings is 1. The number of carbonyl (C=O) groups excluding carboxylic acids is 4. The number of amides is 4. The predicted octanol–water partition coefficient (Wildman–Crippen LogP) is -0.571. The molecule has 4 amide bonds. The summed E-state index contributed by atoms with van der Waals surface area (Å²) in [5, 5.41) is 5.53. The predicted molar refractivity (Wildman–Crippen MR) is 108 cm³/mol. The Morgan fingerprint density at radius 1 is 0.933 bits per heavy atom. The van der Waals surface area contributed by atoms with Crippen molar-refractivity contribution in [3.63, 3.8) is 0 Å². The molecule has 158 valence electrons. The van der Waals surface area contributed by atoms with Gasteiger partial charge in [0, 0.05) is 57.9 Å². The van der Waals surface area contributed by atoms with Crippen LogP contribution in [-0.4, -0.2) is 85.3 Å². The fourth-order valence-corrected chi connectivity index (χ4v) is 4.69. The van der Waals surface area contributed by atoms with Gasteiger partial charge in [0.1, 0.15) is 6.04 Å². The Hall–Kier alpha value is -2.78. The average molecular weight is 411 g/mol. The Balaban J connectivity index is 1.29. The summed E-state index contributed by atoms with van der Waals surface area (Å²) >= 11 is 0. The highest BCUT2D eigenvalue weighted by molar-refractivity contribution is 6.23. The second-order valence-electron chi connectivity index (χ2n) is 8.49. The van der Waals surface area contributed by atoms with Crippen LogP contribution in [0, 0.1) is 5.92 Å². The molecule has 3 fully saturated rings. The number of hydrogen-bond acceptors (Lipinski definition) is 7. The van der Waals surface area contributed by atoms with E-state index in [1.807, 2.05) is 6.07 Å². The molecule has 1 atom stereocenters. The van der Waals surface area contributed by atoms with Crippen molar-refractivity contribution in [2.75, 3.05) is 50.7 Å². The number of imide groups is 2. The largest absolute Gasteiger partial charge is 0.369 e. The molecule has 4 heterocycles. The summed E-state index contributed by atoms with van der Waals surface area (Å²) < 4.78 is 0. The highest BCUT2D eigenvalue weighted by atomic mass is 16.2. The molecule has 1 aromatic carbocycles. The SMILES string of the molecule is O=C1CCC(N2C(=O)c3ccc(N4CCN(CC5CNC5)CC4)cc3C2=O)C(=O)N1. The molecule has 9 heteroatoms. The Morgan fingerprint density at radius 2 is 1.67 bits per heavy atom. The van der Waals surface area contributed by atoms with Crippen molar-refractivity contribution < 1.29 is 19.2 Å². The number of hydrogen-bond donors (Lipinski definition) is 2. The summed E-state index contributed by atoms with van der Waals surface area (Å²) in [7, 11) is 0. The highest BCUT2D eigenvalue weighted by Crippen LogP contribution is 2.31. The van der Waals surface area contributed by atoms with Crippen molar-refractivity contribution in [1.82, 2.24) is 20.4 Å². The summed E-state index contributed by atoms with van der Waals surface area (Å²) in [6, 6.07) is 4.41. The lowest BCUT2D eigenvalue weighted by atomic mass is 10.0. The molecular weight excluding hydrogens is 386 g/mol. The summed E-state index contributed by atoms with van der Waals surface area (Å²) in [5.41, 5.74) is 1.58. The Morgan fingerprint density at radius 3 is 2.33 bits per heavy atom. The van der Waals surface area contributed by atoms with E-state index >= 15 is 0 Å². The number of nitrogens with one attached hydrogen (secondary N) is 2. The van der Waals surface area contributed by atoms with Crippen LogP contribution in [0.5, 0.6) is 0 Å². The molecule has 30 heavy (non-hydrogen) atoms. The molecule has 5 rings (SSSR count). The van der Waals surface area contributed by atoms with Gasteiger partial charge < -0.3 is 10.2 Å². The van der Waals surface area contributed by atoms with Crippen molar-refractivity contribution in [3.8, 4) is 0 Å². The van der Waals surface area contributed by atoms with Gasteiger partial charge in [0.15, 0.2) is 0 Å². The first-order valence-corrected chi connectivity index (χ1v) is 10.5. The number of fused-ring (bicyclic) bond motifs is 1. The van der Waals surface area contributed by atoms with Gasteiger partial charge in [-0.2, -0.15) is 0 Å². The van der Waals surface area contributed by atoms with Crippen LogP contribution >= 0.6 is 0 Å². The van der Waals surface area contributed by atoms with E-state index < -0.39 is 23.8 Å². The van der Waals surface area contributed by atoms with Gasteiger partial charge in [0.2, 0.25) is 11.8 Å². The monoisotopic (exact) mass is 411 g/mol. The fourth-order valence-electron chi connectivity index (χ4n) is 4.69. The average Bonchev–Trinajstić information content (AvgIpc) is 2.96. The standard InChI is InChI=1S/C21H25N5O4/c27-18-4-3-17(19(28)23-18)26-20(29)15-2-1-14(9-16(15)21(26)30)25-7-5-24(6-8-25)12-13-10-22-11-13/h1-2,9,13,17,22H,3-8,10-12H2,(H,23,27,28). The molecule has 0 saturated carbocycles. The topological polar surface area (TPSA) is 102 Å². The van der Waals surface area contributed by atoms with Gasteiger partial charge in [-0.15, -0.1) is 0 Å². The van der Waals surface area contributed by atoms with Crippen LogP contribution in [0.4, 0.5) is 5.69 Å². The molecule has 2 N–H and O–H groups in total. The van der Waals surface area contributed by atoms with Gasteiger partial charge in [-0.25, -0.2) is 0 Å². The summed E-state index contributed by atoms with van der Waals surface area (Å²) in [6.45, 7) is 7.02. The van der Waals surface area contributed by atoms with Gasteiger partial charge in [0.25, 0.3) is 11.8 Å². The van der Waals surface area contributed by atoms with Crippen LogP contribution in [0.2, 0.25) is 0 Å². The third-order valence-electron chi connectivity index (χ3n) is 6.54. The van der Waals surface area contributed by atoms with E-state index in [1.54, 1.807) is 12.1 Å². The summed E-state index contributed by atoms with van der Waals surface area (Å²) in [6.07, 6.45) is 0.289. The zero-order chi connectivity index (χ0) is 20.8. The van der Waals surface area contributed by atoms with Gasteiger partial charge >= 0.3 is 0 Å². The van der Waals surface area contributed by atoms with Crippen LogP contribution in [0.15, 0.2) is 18.2 Å². The maximum atomic E-state index is 13.0. The van der Waals surface area contributed by atoms with E-state index in [1.165, 1.54) is 0 Å². The second kappa shape index (κ2) is 7.48. The van der Waals surface area contributed by atoms with Crippen molar-refractivity contribution >= 4 is 29.3 Å². The third kappa shape index (κ3) is 3.27. The van der Waals surface area contributed by atoms with Crippen molar-refractivity contribution in [1.29, 1.82) is 0 Å². The van der Waals surface area contributed by atoms with E-state index in [9.17, 15) is 19.2 Å². The Labute approximate surface area is 174 Å². The molecule has 9 nitrogen and oxygen atoms in total. The normalized spacial score (nSPS) is 25.4. The van der Waals surface area contributed by atoms with Crippen LogP contribution in [0.1, 0.15) is 33.6 Å². The number of nitrogens with zero attached hydrogens (tertiary/aromatic N) is 3. The zero-order valence-electron chi connectivity index (χ0n) is 16.7. The Bertz CT molecular complexity index is 920. The molecule has 3 saturated heterocycles. The minimum atomic E-state index is -0.928. The first kappa shape index (κ1) is 19.2. The fraction of sp³-hybridized carbons (Fsp3) is 0.524. The smallest absolute Gasteiger partial charge is 0.262 e. The van der Waals surface area contributed by atoms with Crippen LogP contribution in [0.3, 0.4) is 0 Å². The molecule has 1 unspecified atom stereocenters. The van der Waals surface area contributed by atoms with Crippen molar-refractivity contribution in [3.05, 3.63) is 29.3 Å². The molecule has 0 bridgehead atoms. The quantitative estimate of drug-likeness (QED) is 0.640. The maximum absolute atomic E-state index is 13.0. The molecule has 0 aliphatic carbocycles. The lowest BCUT2D eigenvalue weighted by molar-refractivity contribution is -0.136. The van der Waals surface area contributed by atoms with Crippen LogP contribution in [-0.2, 0) is 9.59 Å². The number of carbonyl (C=O) groups is 4. The minimum absolute atomic E-state index is 0.121. The lowest BCUT2D eigenvalue weighted by Gasteiger charge is -2.39. The molecule has 0 spiro atoms. The number of anilines is 1. The van der Waals surface area contributed by atoms with Crippen LogP contribution < -0.4 is 15.5 Å². The lowest BCUT2D eigenvalue weighted by Crippen LogP contribution is -2.54. The number of rotatable bonds is 4. The second-order valence-corrected chi connectivity index (χ2v) is 8.49. The molecule has 0 radical (unpaired) electrons. The van der Waals surface area contributed by atoms with E-state index in [-0.39, 0.29) is 18.7 Å². The van der Waals surface area contributed by atoms with Crippen molar-refractivity contribution in [2.45, 2.75) is 18.9 Å². The van der Waals surface area contributed by atoms with E-state index in [0.717, 1.165) is 62.3 Å². The first-order chi connectivity index (χ1) is 14.5. The van der Waals surface area contributed by atoms with Gasteiger partial charge in [-0.1, -0.05) is 0 Å². The summed E-state index contributed by atoms with van der Waals surface area (Å²) in [5.74, 6) is -1.13. The van der Waals surface area contributed by atoms with Gasteiger partial charge in [0.05, 0.1) is 11.1 Å². The third-order valence-corrected chi connectivity index (χ3v) is 6.54. The summed E-state index contributed by atoms with van der Waals surface area (Å²) in [4.78, 5) is 55.1.